The van der Waals surface area contributed by atoms with Gasteiger partial charge < -0.3 is 9.84 Å². The van der Waals surface area contributed by atoms with Gasteiger partial charge in [0, 0.05) is 12.1 Å². The number of nitrogens with zero attached hydrogens (tertiary/aromatic N) is 1. The van der Waals surface area contributed by atoms with Crippen molar-refractivity contribution in [1.29, 1.82) is 0 Å². The highest BCUT2D eigenvalue weighted by atomic mass is 16.5. The molecule has 1 unspecified atom stereocenters. The fourth-order valence-corrected chi connectivity index (χ4v) is 2.56. The summed E-state index contributed by atoms with van der Waals surface area (Å²) in [5.74, 6) is 0.865. The molecule has 2 aromatic rings. The lowest BCUT2D eigenvalue weighted by atomic mass is 9.95. The van der Waals surface area contributed by atoms with Gasteiger partial charge >= 0.3 is 0 Å². The third-order valence-electron chi connectivity index (χ3n) is 3.24. The third kappa shape index (κ3) is 2.79. The van der Waals surface area contributed by atoms with Crippen LogP contribution in [0.25, 0.3) is 0 Å². The van der Waals surface area contributed by atoms with Crippen LogP contribution < -0.4 is 5.32 Å². The van der Waals surface area contributed by atoms with Crippen LogP contribution in [-0.4, -0.2) is 5.16 Å². The number of aryl methyl sites for hydroxylation is 3. The van der Waals surface area contributed by atoms with Crippen molar-refractivity contribution < 1.29 is 4.52 Å². The van der Waals surface area contributed by atoms with Crippen molar-refractivity contribution in [3.8, 4) is 0 Å². The zero-order chi connectivity index (χ0) is 13.1. The second-order valence-electron chi connectivity index (χ2n) is 4.89. The van der Waals surface area contributed by atoms with E-state index in [1.165, 1.54) is 22.3 Å². The smallest absolute Gasteiger partial charge is 0.150 e. The van der Waals surface area contributed by atoms with Gasteiger partial charge in [0.15, 0.2) is 0 Å². The molecular weight excluding hydrogens is 224 g/mol. The van der Waals surface area contributed by atoms with Crippen molar-refractivity contribution in [1.82, 2.24) is 10.5 Å². The maximum absolute atomic E-state index is 5.09. The lowest BCUT2D eigenvalue weighted by Crippen LogP contribution is -2.19. The van der Waals surface area contributed by atoms with E-state index in [4.69, 9.17) is 4.52 Å². The lowest BCUT2D eigenvalue weighted by Gasteiger charge is -2.19. The summed E-state index contributed by atoms with van der Waals surface area (Å²) in [4.78, 5) is 0. The molecule has 1 aromatic carbocycles. The number of aromatic nitrogens is 1. The first-order chi connectivity index (χ1) is 8.58. The average Bonchev–Trinajstić information content (AvgIpc) is 2.77. The largest absolute Gasteiger partial charge is 0.360 e. The van der Waals surface area contributed by atoms with Gasteiger partial charge in [-0.2, -0.15) is 0 Å². The minimum atomic E-state index is 0.302. The summed E-state index contributed by atoms with van der Waals surface area (Å²) in [7, 11) is 0. The number of benzene rings is 1. The standard InChI is InChI=1S/C15H20N2O/c1-10-7-11(2)15(12(3)8-10)13(4)16-9-14-5-6-17-18-14/h5-8,13,16H,9H2,1-4H3. The molecule has 0 aliphatic carbocycles. The van der Waals surface area contributed by atoms with Gasteiger partial charge in [-0.15, -0.1) is 0 Å². The molecule has 18 heavy (non-hydrogen) atoms. The molecule has 1 heterocycles. The van der Waals surface area contributed by atoms with Crippen molar-refractivity contribution >= 4 is 0 Å². The van der Waals surface area contributed by atoms with Gasteiger partial charge in [0.2, 0.25) is 0 Å². The fourth-order valence-electron chi connectivity index (χ4n) is 2.56. The van der Waals surface area contributed by atoms with Gasteiger partial charge in [-0.3, -0.25) is 0 Å². The number of hydrogen-bond donors (Lipinski definition) is 1. The van der Waals surface area contributed by atoms with Crippen molar-refractivity contribution in [3.63, 3.8) is 0 Å². The summed E-state index contributed by atoms with van der Waals surface area (Å²) in [5, 5.41) is 7.17. The van der Waals surface area contributed by atoms with Crippen LogP contribution in [0.15, 0.2) is 28.9 Å². The van der Waals surface area contributed by atoms with Crippen LogP contribution in [0, 0.1) is 20.8 Å². The molecule has 0 aliphatic heterocycles. The first-order valence-corrected chi connectivity index (χ1v) is 6.28. The summed E-state index contributed by atoms with van der Waals surface area (Å²) >= 11 is 0. The molecule has 0 bridgehead atoms. The Morgan fingerprint density at radius 3 is 2.44 bits per heavy atom. The molecule has 0 saturated carbocycles. The molecule has 0 radical (unpaired) electrons. The average molecular weight is 244 g/mol. The second kappa shape index (κ2) is 5.36. The molecule has 3 nitrogen and oxygen atoms in total. The van der Waals surface area contributed by atoms with E-state index in [9.17, 15) is 0 Å². The molecule has 1 atom stereocenters. The highest BCUT2D eigenvalue weighted by Gasteiger charge is 2.12. The molecule has 0 aliphatic rings. The number of hydrogen-bond acceptors (Lipinski definition) is 3. The highest BCUT2D eigenvalue weighted by molar-refractivity contribution is 5.39. The maximum atomic E-state index is 5.09. The first kappa shape index (κ1) is 12.8. The van der Waals surface area contributed by atoms with E-state index in [1.807, 2.05) is 6.07 Å². The lowest BCUT2D eigenvalue weighted by molar-refractivity contribution is 0.366. The Hall–Kier alpha value is -1.61. The Balaban J connectivity index is 2.11. The zero-order valence-corrected chi connectivity index (χ0v) is 11.4. The van der Waals surface area contributed by atoms with Crippen molar-refractivity contribution in [2.75, 3.05) is 0 Å². The molecular formula is C15H20N2O. The van der Waals surface area contributed by atoms with Crippen LogP contribution in [-0.2, 0) is 6.54 Å². The van der Waals surface area contributed by atoms with E-state index in [0.29, 0.717) is 12.6 Å². The quantitative estimate of drug-likeness (QED) is 0.895. The van der Waals surface area contributed by atoms with Crippen LogP contribution in [0.4, 0.5) is 0 Å². The predicted molar refractivity (Wildman–Crippen MR) is 72.4 cm³/mol. The van der Waals surface area contributed by atoms with Gasteiger partial charge in [0.25, 0.3) is 0 Å². The van der Waals surface area contributed by atoms with Gasteiger partial charge in [0.05, 0.1) is 12.7 Å². The number of nitrogens with one attached hydrogen (secondary N) is 1. The minimum absolute atomic E-state index is 0.302. The summed E-state index contributed by atoms with van der Waals surface area (Å²) in [6.07, 6.45) is 1.67. The van der Waals surface area contributed by atoms with Crippen LogP contribution in [0.1, 0.15) is 41.0 Å². The molecule has 1 N–H and O–H groups in total. The van der Waals surface area contributed by atoms with Crippen molar-refractivity contribution in [3.05, 3.63) is 52.4 Å². The summed E-state index contributed by atoms with van der Waals surface area (Å²) in [5.41, 5.74) is 5.37. The number of rotatable bonds is 4. The second-order valence-corrected chi connectivity index (χ2v) is 4.89. The zero-order valence-electron chi connectivity index (χ0n) is 11.4. The van der Waals surface area contributed by atoms with Crippen LogP contribution >= 0.6 is 0 Å². The molecule has 0 fully saturated rings. The van der Waals surface area contributed by atoms with E-state index in [-0.39, 0.29) is 0 Å². The Labute approximate surface area is 108 Å². The van der Waals surface area contributed by atoms with E-state index in [0.717, 1.165) is 5.76 Å². The Kier molecular flexibility index (Phi) is 3.82. The predicted octanol–water partition coefficient (Wildman–Crippen LogP) is 3.45. The van der Waals surface area contributed by atoms with Gasteiger partial charge in [0.1, 0.15) is 5.76 Å². The monoisotopic (exact) mass is 244 g/mol. The Morgan fingerprint density at radius 1 is 1.22 bits per heavy atom. The van der Waals surface area contributed by atoms with E-state index in [1.54, 1.807) is 6.20 Å². The molecule has 0 amide bonds. The summed E-state index contributed by atoms with van der Waals surface area (Å²) in [6, 6.07) is 6.65. The minimum Gasteiger partial charge on any atom is -0.360 e. The fraction of sp³-hybridized carbons (Fsp3) is 0.400. The van der Waals surface area contributed by atoms with Gasteiger partial charge in [-0.05, 0) is 44.4 Å². The molecule has 1 aromatic heterocycles. The van der Waals surface area contributed by atoms with Crippen LogP contribution in [0.2, 0.25) is 0 Å². The maximum Gasteiger partial charge on any atom is 0.150 e. The van der Waals surface area contributed by atoms with Crippen LogP contribution in [0.5, 0.6) is 0 Å². The van der Waals surface area contributed by atoms with Crippen LogP contribution in [0.3, 0.4) is 0 Å². The molecule has 2 rings (SSSR count). The molecule has 0 saturated heterocycles. The summed E-state index contributed by atoms with van der Waals surface area (Å²) in [6.45, 7) is 9.36. The van der Waals surface area contributed by atoms with Crippen molar-refractivity contribution in [2.24, 2.45) is 0 Å². The van der Waals surface area contributed by atoms with Gasteiger partial charge in [-0.25, -0.2) is 0 Å². The SMILES string of the molecule is Cc1cc(C)c(C(C)NCc2ccno2)c(C)c1. The van der Waals surface area contributed by atoms with E-state index < -0.39 is 0 Å². The van der Waals surface area contributed by atoms with Gasteiger partial charge in [-0.1, -0.05) is 22.9 Å². The Bertz CT molecular complexity index is 494. The topological polar surface area (TPSA) is 38.1 Å². The third-order valence-corrected chi connectivity index (χ3v) is 3.24. The normalized spacial score (nSPS) is 12.7. The highest BCUT2D eigenvalue weighted by Crippen LogP contribution is 2.23. The van der Waals surface area contributed by atoms with E-state index >= 15 is 0 Å². The van der Waals surface area contributed by atoms with E-state index in [2.05, 4.69) is 50.3 Å². The molecule has 3 heteroatoms. The summed E-state index contributed by atoms with van der Waals surface area (Å²) < 4.78 is 5.09. The Morgan fingerprint density at radius 2 is 1.89 bits per heavy atom. The van der Waals surface area contributed by atoms with Crippen molar-refractivity contribution in [2.45, 2.75) is 40.3 Å². The molecule has 96 valence electrons. The first-order valence-electron chi connectivity index (χ1n) is 6.28. The molecule has 0 spiro atoms.